The number of halogens is 4. The summed E-state index contributed by atoms with van der Waals surface area (Å²) >= 11 is 6.32. The molecule has 1 atom stereocenters. The molecule has 1 unspecified atom stereocenters. The van der Waals surface area contributed by atoms with Gasteiger partial charge >= 0.3 is 0 Å². The standard InChI is InChI=1S/C15H13Br2F2N/c1-20-15(10-3-4-11(16)14(19)8-10)7-9-2-5-13(18)12(17)6-9/h2-6,8,15,20H,7H2,1H3. The molecule has 2 aromatic carbocycles. The summed E-state index contributed by atoms with van der Waals surface area (Å²) in [5.41, 5.74) is 1.83. The Morgan fingerprint density at radius 1 is 1.00 bits per heavy atom. The summed E-state index contributed by atoms with van der Waals surface area (Å²) in [6, 6.07) is 9.93. The molecule has 2 aromatic rings. The van der Waals surface area contributed by atoms with Crippen molar-refractivity contribution in [2.24, 2.45) is 0 Å². The summed E-state index contributed by atoms with van der Waals surface area (Å²) in [7, 11) is 1.82. The molecule has 0 saturated heterocycles. The number of benzene rings is 2. The molecule has 1 N–H and O–H groups in total. The highest BCUT2D eigenvalue weighted by atomic mass is 79.9. The van der Waals surface area contributed by atoms with Crippen molar-refractivity contribution in [1.29, 1.82) is 0 Å². The fourth-order valence-electron chi connectivity index (χ4n) is 2.02. The predicted molar refractivity (Wildman–Crippen MR) is 83.7 cm³/mol. The van der Waals surface area contributed by atoms with Crippen LogP contribution in [0.15, 0.2) is 45.3 Å². The van der Waals surface area contributed by atoms with Gasteiger partial charge in [-0.05, 0) is 80.7 Å². The molecule has 5 heteroatoms. The summed E-state index contributed by atoms with van der Waals surface area (Å²) < 4.78 is 27.7. The molecular weight excluding hydrogens is 392 g/mol. The molecule has 0 aliphatic carbocycles. The van der Waals surface area contributed by atoms with Crippen LogP contribution in [0, 0.1) is 11.6 Å². The van der Waals surface area contributed by atoms with Crippen molar-refractivity contribution in [1.82, 2.24) is 5.32 Å². The van der Waals surface area contributed by atoms with E-state index in [-0.39, 0.29) is 17.7 Å². The zero-order valence-corrected chi connectivity index (χ0v) is 13.9. The van der Waals surface area contributed by atoms with Crippen LogP contribution in [0.4, 0.5) is 8.78 Å². The SMILES string of the molecule is CNC(Cc1ccc(F)c(Br)c1)c1ccc(Br)c(F)c1. The Balaban J connectivity index is 2.23. The van der Waals surface area contributed by atoms with Gasteiger partial charge < -0.3 is 5.32 Å². The van der Waals surface area contributed by atoms with Crippen molar-refractivity contribution in [3.63, 3.8) is 0 Å². The maximum atomic E-state index is 13.6. The van der Waals surface area contributed by atoms with Crippen molar-refractivity contribution in [2.75, 3.05) is 7.05 Å². The van der Waals surface area contributed by atoms with Crippen LogP contribution in [0.1, 0.15) is 17.2 Å². The average Bonchev–Trinajstić information content (AvgIpc) is 2.43. The summed E-state index contributed by atoms with van der Waals surface area (Å²) in [6.45, 7) is 0. The first-order chi connectivity index (χ1) is 9.51. The number of rotatable bonds is 4. The van der Waals surface area contributed by atoms with Gasteiger partial charge in [0.15, 0.2) is 0 Å². The van der Waals surface area contributed by atoms with E-state index in [1.165, 1.54) is 12.1 Å². The van der Waals surface area contributed by atoms with Gasteiger partial charge in [-0.1, -0.05) is 12.1 Å². The molecule has 20 heavy (non-hydrogen) atoms. The Bertz CT molecular complexity index is 617. The third-order valence-corrected chi connectivity index (χ3v) is 4.37. The Kier molecular flexibility index (Phi) is 5.29. The first-order valence-electron chi connectivity index (χ1n) is 6.07. The van der Waals surface area contributed by atoms with Gasteiger partial charge in [-0.2, -0.15) is 0 Å². The second-order valence-electron chi connectivity index (χ2n) is 4.47. The molecule has 1 nitrogen and oxygen atoms in total. The number of likely N-dealkylation sites (N-methyl/N-ethyl adjacent to an activating group) is 1. The predicted octanol–water partition coefficient (Wildman–Crippen LogP) is 4.99. The Morgan fingerprint density at radius 2 is 1.75 bits per heavy atom. The lowest BCUT2D eigenvalue weighted by molar-refractivity contribution is 0.573. The molecule has 0 saturated carbocycles. The molecule has 2 rings (SSSR count). The molecule has 106 valence electrons. The highest BCUT2D eigenvalue weighted by Gasteiger charge is 2.13. The van der Waals surface area contributed by atoms with Gasteiger partial charge in [-0.3, -0.25) is 0 Å². The van der Waals surface area contributed by atoms with Crippen LogP contribution in [0.3, 0.4) is 0 Å². The lowest BCUT2D eigenvalue weighted by Crippen LogP contribution is -2.19. The van der Waals surface area contributed by atoms with E-state index < -0.39 is 0 Å². The van der Waals surface area contributed by atoms with Crippen LogP contribution in [0.5, 0.6) is 0 Å². The van der Waals surface area contributed by atoms with Crippen molar-refractivity contribution in [3.8, 4) is 0 Å². The second kappa shape index (κ2) is 6.78. The van der Waals surface area contributed by atoms with Gasteiger partial charge in [-0.15, -0.1) is 0 Å². The third-order valence-electron chi connectivity index (χ3n) is 3.12. The van der Waals surface area contributed by atoms with E-state index in [0.717, 1.165) is 11.1 Å². The van der Waals surface area contributed by atoms with Crippen LogP contribution >= 0.6 is 31.9 Å². The zero-order valence-electron chi connectivity index (χ0n) is 10.8. The lowest BCUT2D eigenvalue weighted by atomic mass is 9.99. The van der Waals surface area contributed by atoms with E-state index in [0.29, 0.717) is 15.4 Å². The largest absolute Gasteiger partial charge is 0.313 e. The first-order valence-corrected chi connectivity index (χ1v) is 7.66. The quantitative estimate of drug-likeness (QED) is 0.756. The highest BCUT2D eigenvalue weighted by molar-refractivity contribution is 9.10. The Labute approximate surface area is 133 Å². The molecule has 0 amide bonds. The van der Waals surface area contributed by atoms with Crippen molar-refractivity contribution < 1.29 is 8.78 Å². The number of hydrogen-bond donors (Lipinski definition) is 1. The van der Waals surface area contributed by atoms with Crippen LogP contribution in [-0.4, -0.2) is 7.05 Å². The highest BCUT2D eigenvalue weighted by Crippen LogP contribution is 2.25. The maximum Gasteiger partial charge on any atom is 0.137 e. The van der Waals surface area contributed by atoms with Gasteiger partial charge in [0.2, 0.25) is 0 Å². The van der Waals surface area contributed by atoms with E-state index >= 15 is 0 Å². The van der Waals surface area contributed by atoms with Gasteiger partial charge in [0.25, 0.3) is 0 Å². The van der Waals surface area contributed by atoms with Crippen LogP contribution in [0.25, 0.3) is 0 Å². The Hall–Kier alpha value is -0.780. The number of hydrogen-bond acceptors (Lipinski definition) is 1. The lowest BCUT2D eigenvalue weighted by Gasteiger charge is -2.17. The molecule has 0 fully saturated rings. The van der Waals surface area contributed by atoms with Gasteiger partial charge in [-0.25, -0.2) is 8.78 Å². The first kappa shape index (κ1) is 15.6. The maximum absolute atomic E-state index is 13.6. The third kappa shape index (κ3) is 3.65. The summed E-state index contributed by atoms with van der Waals surface area (Å²) in [5, 5.41) is 3.16. The van der Waals surface area contributed by atoms with E-state index in [4.69, 9.17) is 0 Å². The Morgan fingerprint density at radius 3 is 2.35 bits per heavy atom. The minimum absolute atomic E-state index is 0.0324. The van der Waals surface area contributed by atoms with E-state index in [2.05, 4.69) is 37.2 Å². The van der Waals surface area contributed by atoms with Crippen molar-refractivity contribution >= 4 is 31.9 Å². The van der Waals surface area contributed by atoms with Gasteiger partial charge in [0.05, 0.1) is 8.95 Å². The second-order valence-corrected chi connectivity index (χ2v) is 6.18. The van der Waals surface area contributed by atoms with Crippen LogP contribution in [0.2, 0.25) is 0 Å². The smallest absolute Gasteiger partial charge is 0.137 e. The van der Waals surface area contributed by atoms with Crippen LogP contribution < -0.4 is 5.32 Å². The van der Waals surface area contributed by atoms with Gasteiger partial charge in [0, 0.05) is 6.04 Å². The monoisotopic (exact) mass is 403 g/mol. The molecule has 0 heterocycles. The minimum atomic E-state index is -0.289. The fourth-order valence-corrected chi connectivity index (χ4v) is 2.69. The van der Waals surface area contributed by atoms with Crippen LogP contribution in [-0.2, 0) is 6.42 Å². The van der Waals surface area contributed by atoms with Crippen molar-refractivity contribution in [2.45, 2.75) is 12.5 Å². The average molecular weight is 405 g/mol. The zero-order chi connectivity index (χ0) is 14.7. The molecule has 0 bridgehead atoms. The molecule has 0 spiro atoms. The van der Waals surface area contributed by atoms with E-state index in [1.54, 1.807) is 18.2 Å². The summed E-state index contributed by atoms with van der Waals surface area (Å²) in [4.78, 5) is 0. The minimum Gasteiger partial charge on any atom is -0.313 e. The summed E-state index contributed by atoms with van der Waals surface area (Å²) in [6.07, 6.45) is 0.649. The molecule has 0 aliphatic rings. The summed E-state index contributed by atoms with van der Waals surface area (Å²) in [5.74, 6) is -0.576. The van der Waals surface area contributed by atoms with Gasteiger partial charge in [0.1, 0.15) is 11.6 Å². The topological polar surface area (TPSA) is 12.0 Å². The molecular formula is C15H13Br2F2N. The molecule has 0 aromatic heterocycles. The molecule has 0 radical (unpaired) electrons. The normalized spacial score (nSPS) is 12.4. The number of nitrogens with one attached hydrogen (secondary N) is 1. The fraction of sp³-hybridized carbons (Fsp3) is 0.200. The van der Waals surface area contributed by atoms with E-state index in [1.807, 2.05) is 13.1 Å². The van der Waals surface area contributed by atoms with Crippen molar-refractivity contribution in [3.05, 3.63) is 68.1 Å². The van der Waals surface area contributed by atoms with E-state index in [9.17, 15) is 8.78 Å². The molecule has 0 aliphatic heterocycles.